The third-order valence-corrected chi connectivity index (χ3v) is 6.27. The van der Waals surface area contributed by atoms with Crippen molar-refractivity contribution in [3.63, 3.8) is 0 Å². The van der Waals surface area contributed by atoms with E-state index in [1.807, 2.05) is 36.7 Å². The molecule has 0 aliphatic carbocycles. The lowest BCUT2D eigenvalue weighted by Gasteiger charge is -2.23. The van der Waals surface area contributed by atoms with Crippen LogP contribution in [0.15, 0.2) is 66.7 Å². The van der Waals surface area contributed by atoms with Gasteiger partial charge in [-0.2, -0.15) is 14.7 Å². The first kappa shape index (κ1) is 28.5. The molecular weight excluding hydrogens is 478 g/mol. The molecule has 1 N–H and O–H groups in total. The number of nitrogens with zero attached hydrogens (tertiary/aromatic N) is 2. The molecule has 7 nitrogen and oxygen atoms in total. The fourth-order valence-electron chi connectivity index (χ4n) is 4.44. The maximum Gasteiger partial charge on any atom is 0.373 e. The highest BCUT2D eigenvalue weighted by Gasteiger charge is 2.18. The van der Waals surface area contributed by atoms with Gasteiger partial charge in [-0.3, -0.25) is 9.48 Å². The molecule has 38 heavy (non-hydrogen) atoms. The summed E-state index contributed by atoms with van der Waals surface area (Å²) in [5.41, 5.74) is 7.69. The van der Waals surface area contributed by atoms with Gasteiger partial charge in [0.25, 0.3) is 5.91 Å². The number of rotatable bonds is 8. The molecule has 198 valence electrons. The number of fused-ring (bicyclic) bond motifs is 1. The van der Waals surface area contributed by atoms with E-state index in [4.69, 9.17) is 19.4 Å². The predicted molar refractivity (Wildman–Crippen MR) is 148 cm³/mol. The number of ether oxygens (including phenoxy) is 1. The average Bonchev–Trinajstić information content (AvgIpc) is 3.21. The molecule has 0 spiro atoms. The summed E-state index contributed by atoms with van der Waals surface area (Å²) in [6.07, 6.45) is 0.250. The van der Waals surface area contributed by atoms with Crippen molar-refractivity contribution in [2.75, 3.05) is 19.8 Å². The molecule has 0 radical (unpaired) electrons. The van der Waals surface area contributed by atoms with Gasteiger partial charge in [0.05, 0.1) is 24.4 Å². The van der Waals surface area contributed by atoms with Crippen LogP contribution in [0.3, 0.4) is 0 Å². The second kappa shape index (κ2) is 13.0. The second-order valence-electron chi connectivity index (χ2n) is 10.0. The fraction of sp³-hybridized carbons (Fsp3) is 0.323. The van der Waals surface area contributed by atoms with Crippen LogP contribution >= 0.6 is 0 Å². The van der Waals surface area contributed by atoms with Crippen LogP contribution < -0.4 is 5.32 Å². The van der Waals surface area contributed by atoms with Crippen molar-refractivity contribution in [1.29, 1.82) is 0 Å². The van der Waals surface area contributed by atoms with Crippen LogP contribution in [-0.2, 0) is 26.3 Å². The van der Waals surface area contributed by atoms with Crippen LogP contribution in [0.1, 0.15) is 54.9 Å². The molecule has 1 aromatic heterocycles. The number of carbonyl (C=O) groups excluding carboxylic acids is 3. The van der Waals surface area contributed by atoms with E-state index in [1.54, 1.807) is 0 Å². The van der Waals surface area contributed by atoms with E-state index in [9.17, 15) is 4.79 Å². The van der Waals surface area contributed by atoms with Crippen molar-refractivity contribution in [1.82, 2.24) is 15.1 Å². The Morgan fingerprint density at radius 1 is 1.03 bits per heavy atom. The lowest BCUT2D eigenvalue weighted by Crippen LogP contribution is -2.27. The Balaban J connectivity index is 0.00000127. The van der Waals surface area contributed by atoms with Crippen molar-refractivity contribution in [2.24, 2.45) is 0 Å². The highest BCUT2D eigenvalue weighted by molar-refractivity contribution is 5.98. The number of amides is 1. The molecule has 0 aliphatic heterocycles. The van der Waals surface area contributed by atoms with Crippen LogP contribution in [0, 0.1) is 6.92 Å². The molecule has 0 aliphatic rings. The molecule has 4 aromatic rings. The number of benzene rings is 3. The third-order valence-electron chi connectivity index (χ3n) is 6.27. The fourth-order valence-corrected chi connectivity index (χ4v) is 4.44. The zero-order valence-electron chi connectivity index (χ0n) is 22.7. The minimum atomic E-state index is -0.0927. The standard InChI is InChI=1S/C30H35N3O2.CO2/c1-6-35-18-17-31-29(34)24-15-16-28-26(19-24)21(2)32-33(28)20-22-11-13-23(14-12-22)25-9-7-8-10-27(25)30(3,4)5;2-1-3/h7-16,19H,6,17-18,20H2,1-5H3,(H,31,34);. The van der Waals surface area contributed by atoms with Gasteiger partial charge in [-0.15, -0.1) is 0 Å². The number of carbonyl (C=O) groups is 1. The van der Waals surface area contributed by atoms with E-state index in [2.05, 4.69) is 74.6 Å². The first-order valence-electron chi connectivity index (χ1n) is 12.7. The Kier molecular flexibility index (Phi) is 9.72. The van der Waals surface area contributed by atoms with E-state index in [1.165, 1.54) is 22.3 Å². The quantitative estimate of drug-likeness (QED) is 0.313. The van der Waals surface area contributed by atoms with Crippen LogP contribution in [0.2, 0.25) is 0 Å². The van der Waals surface area contributed by atoms with Gasteiger partial charge in [0.2, 0.25) is 0 Å². The molecule has 7 heteroatoms. The van der Waals surface area contributed by atoms with Gasteiger partial charge in [-0.05, 0) is 59.7 Å². The normalized spacial score (nSPS) is 11.0. The summed E-state index contributed by atoms with van der Waals surface area (Å²) in [4.78, 5) is 28.8. The van der Waals surface area contributed by atoms with E-state index < -0.39 is 0 Å². The van der Waals surface area contributed by atoms with Gasteiger partial charge in [0.1, 0.15) is 0 Å². The molecule has 0 unspecified atom stereocenters. The zero-order valence-corrected chi connectivity index (χ0v) is 22.7. The molecular formula is C31H35N3O4. The number of aryl methyl sites for hydroxylation is 1. The Bertz CT molecular complexity index is 1410. The zero-order chi connectivity index (χ0) is 27.7. The van der Waals surface area contributed by atoms with Crippen molar-refractivity contribution in [3.8, 4) is 11.1 Å². The Morgan fingerprint density at radius 3 is 2.37 bits per heavy atom. The molecule has 1 heterocycles. The lowest BCUT2D eigenvalue weighted by atomic mass is 9.82. The summed E-state index contributed by atoms with van der Waals surface area (Å²) in [7, 11) is 0. The first-order valence-corrected chi connectivity index (χ1v) is 12.7. The summed E-state index contributed by atoms with van der Waals surface area (Å²) in [5.74, 6) is -0.0927. The highest BCUT2D eigenvalue weighted by Crippen LogP contribution is 2.33. The number of hydrogen-bond donors (Lipinski definition) is 1. The smallest absolute Gasteiger partial charge is 0.373 e. The molecule has 0 fully saturated rings. The van der Waals surface area contributed by atoms with Crippen molar-refractivity contribution < 1.29 is 19.1 Å². The van der Waals surface area contributed by atoms with E-state index >= 15 is 0 Å². The summed E-state index contributed by atoms with van der Waals surface area (Å²) in [5, 5.41) is 8.67. The number of aromatic nitrogens is 2. The summed E-state index contributed by atoms with van der Waals surface area (Å²) < 4.78 is 7.31. The lowest BCUT2D eigenvalue weighted by molar-refractivity contribution is -0.191. The molecule has 4 rings (SSSR count). The topological polar surface area (TPSA) is 90.3 Å². The number of nitrogens with one attached hydrogen (secondary N) is 1. The SMILES string of the molecule is CCOCCNC(=O)c1ccc2c(c1)c(C)nn2Cc1ccc(-c2ccccc2C(C)(C)C)cc1.O=C=O. The number of hydrogen-bond acceptors (Lipinski definition) is 5. The maximum absolute atomic E-state index is 12.5. The highest BCUT2D eigenvalue weighted by atomic mass is 16.5. The first-order chi connectivity index (χ1) is 18.2. The van der Waals surface area contributed by atoms with E-state index in [0.717, 1.165) is 16.6 Å². The molecule has 0 saturated carbocycles. The molecule has 0 bridgehead atoms. The minimum Gasteiger partial charge on any atom is -0.380 e. The summed E-state index contributed by atoms with van der Waals surface area (Å²) in [6.45, 7) is 13.0. The van der Waals surface area contributed by atoms with E-state index in [-0.39, 0.29) is 17.5 Å². The summed E-state index contributed by atoms with van der Waals surface area (Å²) >= 11 is 0. The van der Waals surface area contributed by atoms with Crippen LogP contribution in [0.4, 0.5) is 0 Å². The maximum atomic E-state index is 12.5. The largest absolute Gasteiger partial charge is 0.380 e. The Hall–Kier alpha value is -4.06. The van der Waals surface area contributed by atoms with Gasteiger partial charge >= 0.3 is 6.15 Å². The molecule has 3 aromatic carbocycles. The predicted octanol–water partition coefficient (Wildman–Crippen LogP) is 5.54. The van der Waals surface area contributed by atoms with Crippen molar-refractivity contribution >= 4 is 23.0 Å². The van der Waals surface area contributed by atoms with Gasteiger partial charge in [0, 0.05) is 24.1 Å². The van der Waals surface area contributed by atoms with Crippen molar-refractivity contribution in [2.45, 2.75) is 46.6 Å². The van der Waals surface area contributed by atoms with Gasteiger partial charge < -0.3 is 10.1 Å². The monoisotopic (exact) mass is 513 g/mol. The van der Waals surface area contributed by atoms with E-state index in [0.29, 0.717) is 31.9 Å². The Morgan fingerprint density at radius 2 is 1.71 bits per heavy atom. The van der Waals surface area contributed by atoms with Crippen LogP contribution in [0.5, 0.6) is 0 Å². The van der Waals surface area contributed by atoms with Crippen LogP contribution in [-0.4, -0.2) is 41.6 Å². The summed E-state index contributed by atoms with van der Waals surface area (Å²) in [6, 6.07) is 23.2. The molecule has 1 amide bonds. The van der Waals surface area contributed by atoms with Crippen LogP contribution in [0.25, 0.3) is 22.0 Å². The van der Waals surface area contributed by atoms with Gasteiger partial charge in [-0.1, -0.05) is 69.3 Å². The van der Waals surface area contributed by atoms with Crippen molar-refractivity contribution in [3.05, 3.63) is 89.1 Å². The molecule has 0 saturated heterocycles. The minimum absolute atomic E-state index is 0.0831. The second-order valence-corrected chi connectivity index (χ2v) is 10.0. The third kappa shape index (κ3) is 7.03. The van der Waals surface area contributed by atoms with Gasteiger partial charge in [-0.25, -0.2) is 0 Å². The van der Waals surface area contributed by atoms with Gasteiger partial charge in [0.15, 0.2) is 0 Å². The molecule has 0 atom stereocenters. The average molecular weight is 514 g/mol. The Labute approximate surface area is 223 Å².